The van der Waals surface area contributed by atoms with Crippen molar-refractivity contribution < 1.29 is 9.53 Å². The molecule has 9 heteroatoms. The minimum atomic E-state index is -0.125. The van der Waals surface area contributed by atoms with E-state index < -0.39 is 0 Å². The standard InChI is InChI=1S/C22H27N5O2S2/c1-3-26-13-17(12-23-26)14-27-21(28)19(24-22(27)30)11-16-4-5-20(29-2)18(10-16)15-25-6-8-31-9-7-25/h4-5,10-13H,3,6-9,14-15H2,1-2H3,(H,24,30)/b19-11+. The quantitative estimate of drug-likeness (QED) is 0.507. The van der Waals surface area contributed by atoms with Gasteiger partial charge >= 0.3 is 0 Å². The van der Waals surface area contributed by atoms with E-state index in [-0.39, 0.29) is 5.91 Å². The predicted molar refractivity (Wildman–Crippen MR) is 128 cm³/mol. The van der Waals surface area contributed by atoms with Crippen molar-refractivity contribution in [2.24, 2.45) is 0 Å². The van der Waals surface area contributed by atoms with Gasteiger partial charge in [0, 0.05) is 55.0 Å². The van der Waals surface area contributed by atoms with Crippen molar-refractivity contribution in [2.45, 2.75) is 26.6 Å². The van der Waals surface area contributed by atoms with E-state index >= 15 is 0 Å². The fourth-order valence-corrected chi connectivity index (χ4v) is 4.97. The lowest BCUT2D eigenvalue weighted by Crippen LogP contribution is -2.32. The van der Waals surface area contributed by atoms with E-state index in [1.807, 2.05) is 47.8 Å². The molecule has 1 amide bonds. The van der Waals surface area contributed by atoms with Crippen LogP contribution in [-0.2, 0) is 24.4 Å². The lowest BCUT2D eigenvalue weighted by Gasteiger charge is -2.26. The summed E-state index contributed by atoms with van der Waals surface area (Å²) in [7, 11) is 1.70. The normalized spacial score (nSPS) is 18.6. The van der Waals surface area contributed by atoms with Gasteiger partial charge in [-0.1, -0.05) is 6.07 Å². The van der Waals surface area contributed by atoms with Crippen LogP contribution in [0.25, 0.3) is 6.08 Å². The number of rotatable bonds is 7. The Labute approximate surface area is 192 Å². The third-order valence-electron chi connectivity index (χ3n) is 5.43. The number of aromatic nitrogens is 2. The molecule has 7 nitrogen and oxygen atoms in total. The zero-order chi connectivity index (χ0) is 21.8. The molecule has 0 unspecified atom stereocenters. The average molecular weight is 458 g/mol. The SMILES string of the molecule is CCn1cc(CN2C(=O)/C(=C\c3ccc(OC)c(CN4CCSCC4)c3)NC2=S)cn1. The van der Waals surface area contributed by atoms with Gasteiger partial charge in [0.05, 0.1) is 19.9 Å². The first kappa shape index (κ1) is 21.9. The zero-order valence-electron chi connectivity index (χ0n) is 17.8. The molecule has 0 aliphatic carbocycles. The molecule has 0 bridgehead atoms. The Balaban J connectivity index is 1.51. The highest BCUT2D eigenvalue weighted by Crippen LogP contribution is 2.25. The largest absolute Gasteiger partial charge is 0.496 e. The van der Waals surface area contributed by atoms with Crippen LogP contribution in [0.1, 0.15) is 23.6 Å². The number of thiocarbonyl (C=S) groups is 1. The molecule has 3 heterocycles. The first-order valence-electron chi connectivity index (χ1n) is 10.4. The van der Waals surface area contributed by atoms with Crippen molar-refractivity contribution in [2.75, 3.05) is 31.7 Å². The molecule has 0 radical (unpaired) electrons. The van der Waals surface area contributed by atoms with Crippen molar-refractivity contribution in [3.05, 3.63) is 53.0 Å². The third-order valence-corrected chi connectivity index (χ3v) is 6.69. The lowest BCUT2D eigenvalue weighted by molar-refractivity contribution is -0.122. The van der Waals surface area contributed by atoms with Crippen LogP contribution in [0.5, 0.6) is 5.75 Å². The van der Waals surface area contributed by atoms with Gasteiger partial charge in [-0.05, 0) is 42.9 Å². The first-order chi connectivity index (χ1) is 15.1. The maximum atomic E-state index is 13.0. The molecular weight excluding hydrogens is 430 g/mol. The predicted octanol–water partition coefficient (Wildman–Crippen LogP) is 2.72. The number of thioether (sulfide) groups is 1. The monoisotopic (exact) mass is 457 g/mol. The van der Waals surface area contributed by atoms with Crippen LogP contribution in [0.2, 0.25) is 0 Å². The average Bonchev–Trinajstić information content (AvgIpc) is 3.35. The number of methoxy groups -OCH3 is 1. The van der Waals surface area contributed by atoms with E-state index in [0.717, 1.165) is 60.1 Å². The topological polar surface area (TPSA) is 62.6 Å². The third kappa shape index (κ3) is 5.11. The summed E-state index contributed by atoms with van der Waals surface area (Å²) in [6, 6.07) is 6.03. The number of carbonyl (C=O) groups is 1. The van der Waals surface area contributed by atoms with E-state index in [1.165, 1.54) is 0 Å². The number of ether oxygens (including phenoxy) is 1. The molecule has 2 aliphatic heterocycles. The van der Waals surface area contributed by atoms with Crippen LogP contribution in [0, 0.1) is 0 Å². The van der Waals surface area contributed by atoms with Gasteiger partial charge in [0.15, 0.2) is 5.11 Å². The number of nitrogens with one attached hydrogen (secondary N) is 1. The summed E-state index contributed by atoms with van der Waals surface area (Å²) < 4.78 is 7.41. The summed E-state index contributed by atoms with van der Waals surface area (Å²) in [4.78, 5) is 17.0. The van der Waals surface area contributed by atoms with E-state index in [1.54, 1.807) is 18.2 Å². The van der Waals surface area contributed by atoms with Gasteiger partial charge in [0.2, 0.25) is 0 Å². The number of carbonyl (C=O) groups excluding carboxylic acids is 1. The number of nitrogens with zero attached hydrogens (tertiary/aromatic N) is 4. The van der Waals surface area contributed by atoms with Crippen molar-refractivity contribution in [1.82, 2.24) is 24.9 Å². The second-order valence-corrected chi connectivity index (χ2v) is 9.15. The van der Waals surface area contributed by atoms with E-state index in [2.05, 4.69) is 21.4 Å². The minimum Gasteiger partial charge on any atom is -0.496 e. The van der Waals surface area contributed by atoms with Crippen LogP contribution < -0.4 is 10.1 Å². The minimum absolute atomic E-state index is 0.125. The molecule has 0 atom stereocenters. The summed E-state index contributed by atoms with van der Waals surface area (Å²) in [6.07, 6.45) is 5.57. The van der Waals surface area contributed by atoms with Crippen LogP contribution in [0.4, 0.5) is 0 Å². The Morgan fingerprint density at radius 1 is 1.29 bits per heavy atom. The maximum Gasteiger partial charge on any atom is 0.276 e. The highest BCUT2D eigenvalue weighted by atomic mass is 32.2. The maximum absolute atomic E-state index is 13.0. The van der Waals surface area contributed by atoms with E-state index in [0.29, 0.717) is 17.4 Å². The molecule has 0 spiro atoms. The van der Waals surface area contributed by atoms with Gasteiger partial charge in [-0.15, -0.1) is 0 Å². The molecular formula is C22H27N5O2S2. The fourth-order valence-electron chi connectivity index (χ4n) is 3.74. The number of aryl methyl sites for hydroxylation is 1. The summed E-state index contributed by atoms with van der Waals surface area (Å²) >= 11 is 7.41. The van der Waals surface area contributed by atoms with Gasteiger partial charge in [-0.3, -0.25) is 19.3 Å². The van der Waals surface area contributed by atoms with Gasteiger partial charge in [-0.2, -0.15) is 16.9 Å². The highest BCUT2D eigenvalue weighted by molar-refractivity contribution is 7.99. The van der Waals surface area contributed by atoms with Crippen LogP contribution in [0.3, 0.4) is 0 Å². The molecule has 164 valence electrons. The number of benzene rings is 1. The van der Waals surface area contributed by atoms with Crippen molar-refractivity contribution in [3.63, 3.8) is 0 Å². The molecule has 2 aliphatic rings. The molecule has 2 saturated heterocycles. The highest BCUT2D eigenvalue weighted by Gasteiger charge is 2.31. The molecule has 0 saturated carbocycles. The zero-order valence-corrected chi connectivity index (χ0v) is 19.5. The van der Waals surface area contributed by atoms with Crippen molar-refractivity contribution >= 4 is 41.1 Å². The van der Waals surface area contributed by atoms with Crippen LogP contribution in [0.15, 0.2) is 36.3 Å². The summed E-state index contributed by atoms with van der Waals surface area (Å²) in [5.41, 5.74) is 3.51. The van der Waals surface area contributed by atoms with Crippen molar-refractivity contribution in [3.8, 4) is 5.75 Å². The van der Waals surface area contributed by atoms with Gasteiger partial charge in [0.25, 0.3) is 5.91 Å². The summed E-state index contributed by atoms with van der Waals surface area (Å²) in [5, 5.41) is 7.76. The molecule has 1 aromatic carbocycles. The molecule has 2 aromatic rings. The van der Waals surface area contributed by atoms with Gasteiger partial charge < -0.3 is 10.1 Å². The number of amides is 1. The lowest BCUT2D eigenvalue weighted by atomic mass is 10.1. The summed E-state index contributed by atoms with van der Waals surface area (Å²) in [5.74, 6) is 3.07. The Bertz CT molecular complexity index is 998. The van der Waals surface area contributed by atoms with Crippen LogP contribution in [-0.4, -0.2) is 62.3 Å². The van der Waals surface area contributed by atoms with Gasteiger partial charge in [0.1, 0.15) is 11.4 Å². The Morgan fingerprint density at radius 3 is 2.81 bits per heavy atom. The smallest absolute Gasteiger partial charge is 0.276 e. The Kier molecular flexibility index (Phi) is 6.94. The number of hydrogen-bond acceptors (Lipinski definition) is 6. The van der Waals surface area contributed by atoms with Crippen molar-refractivity contribution in [1.29, 1.82) is 0 Å². The number of hydrogen-bond donors (Lipinski definition) is 1. The molecule has 2 fully saturated rings. The second-order valence-electron chi connectivity index (χ2n) is 7.54. The molecule has 1 aromatic heterocycles. The second kappa shape index (κ2) is 9.84. The molecule has 1 N–H and O–H groups in total. The fraction of sp³-hybridized carbons (Fsp3) is 0.409. The Morgan fingerprint density at radius 2 is 2.10 bits per heavy atom. The molecule has 31 heavy (non-hydrogen) atoms. The summed E-state index contributed by atoms with van der Waals surface area (Å²) in [6.45, 7) is 6.22. The van der Waals surface area contributed by atoms with Crippen LogP contribution >= 0.6 is 24.0 Å². The van der Waals surface area contributed by atoms with E-state index in [9.17, 15) is 4.79 Å². The first-order valence-corrected chi connectivity index (χ1v) is 12.0. The van der Waals surface area contributed by atoms with Gasteiger partial charge in [-0.25, -0.2) is 0 Å². The molecule has 4 rings (SSSR count). The Hall–Kier alpha value is -2.36. The van der Waals surface area contributed by atoms with E-state index in [4.69, 9.17) is 17.0 Å².